The molecule has 0 spiro atoms. The number of rotatable bonds is 5. The lowest BCUT2D eigenvalue weighted by molar-refractivity contribution is -0.116. The molecule has 86 valence electrons. The second-order valence-corrected chi connectivity index (χ2v) is 3.32. The highest BCUT2D eigenvalue weighted by Crippen LogP contribution is 2.10. The van der Waals surface area contributed by atoms with E-state index in [1.807, 2.05) is 0 Å². The molecule has 0 bridgehead atoms. The van der Waals surface area contributed by atoms with E-state index in [9.17, 15) is 9.59 Å². The largest absolute Gasteiger partial charge is 0.478 e. The zero-order chi connectivity index (χ0) is 12.0. The minimum absolute atomic E-state index is 0.117. The first-order chi connectivity index (χ1) is 7.63. The van der Waals surface area contributed by atoms with Crippen LogP contribution in [0.2, 0.25) is 0 Å². The van der Waals surface area contributed by atoms with E-state index >= 15 is 0 Å². The Balaban J connectivity index is 2.55. The summed E-state index contributed by atoms with van der Waals surface area (Å²) < 4.78 is 0. The van der Waals surface area contributed by atoms with Crippen molar-refractivity contribution in [1.29, 1.82) is 0 Å². The second-order valence-electron chi connectivity index (χ2n) is 3.32. The summed E-state index contributed by atoms with van der Waals surface area (Å²) in [7, 11) is 0. The van der Waals surface area contributed by atoms with Crippen LogP contribution in [-0.2, 0) is 4.79 Å². The highest BCUT2D eigenvalue weighted by Gasteiger charge is 2.04. The molecule has 0 heterocycles. The Hall–Kier alpha value is -1.88. The number of nitrogens with one attached hydrogen (secondary N) is 1. The van der Waals surface area contributed by atoms with Gasteiger partial charge in [0, 0.05) is 12.1 Å². The summed E-state index contributed by atoms with van der Waals surface area (Å²) in [5.74, 6) is -1.10. The highest BCUT2D eigenvalue weighted by molar-refractivity contribution is 5.92. The summed E-state index contributed by atoms with van der Waals surface area (Å²) in [6.45, 7) is 0.478. The molecule has 0 aliphatic rings. The normalized spacial score (nSPS) is 9.81. The van der Waals surface area contributed by atoms with Crippen molar-refractivity contribution in [1.82, 2.24) is 0 Å². The molecule has 16 heavy (non-hydrogen) atoms. The number of amides is 1. The van der Waals surface area contributed by atoms with E-state index in [1.165, 1.54) is 12.1 Å². The third-order valence-electron chi connectivity index (χ3n) is 2.02. The van der Waals surface area contributed by atoms with Crippen molar-refractivity contribution in [2.24, 2.45) is 5.73 Å². The van der Waals surface area contributed by atoms with E-state index in [1.54, 1.807) is 12.1 Å². The topological polar surface area (TPSA) is 92.4 Å². The number of hydrogen-bond acceptors (Lipinski definition) is 3. The summed E-state index contributed by atoms with van der Waals surface area (Å²) in [5.41, 5.74) is 6.06. The standard InChI is InChI=1S/C11H14N2O3/c12-7-1-2-10(14)13-9-5-3-8(4-6-9)11(15)16/h3-6H,1-2,7,12H2,(H,13,14)(H,15,16). The Kier molecular flexibility index (Phi) is 4.47. The van der Waals surface area contributed by atoms with Crippen LogP contribution in [0.5, 0.6) is 0 Å². The van der Waals surface area contributed by atoms with Crippen LogP contribution < -0.4 is 11.1 Å². The molecule has 0 atom stereocenters. The Morgan fingerprint density at radius 3 is 2.38 bits per heavy atom. The van der Waals surface area contributed by atoms with Gasteiger partial charge in [-0.15, -0.1) is 0 Å². The maximum absolute atomic E-state index is 11.3. The maximum Gasteiger partial charge on any atom is 0.335 e. The van der Waals surface area contributed by atoms with Crippen LogP contribution in [-0.4, -0.2) is 23.5 Å². The molecule has 0 unspecified atom stereocenters. The number of nitrogens with two attached hydrogens (primary N) is 1. The molecule has 5 nitrogen and oxygen atoms in total. The van der Waals surface area contributed by atoms with E-state index in [2.05, 4.69) is 5.32 Å². The summed E-state index contributed by atoms with van der Waals surface area (Å²) in [4.78, 5) is 21.9. The van der Waals surface area contributed by atoms with Crippen molar-refractivity contribution in [3.8, 4) is 0 Å². The number of carbonyl (C=O) groups is 2. The van der Waals surface area contributed by atoms with Crippen molar-refractivity contribution in [2.45, 2.75) is 12.8 Å². The number of carbonyl (C=O) groups excluding carboxylic acids is 1. The third kappa shape index (κ3) is 3.70. The molecule has 1 aromatic rings. The first-order valence-corrected chi connectivity index (χ1v) is 4.97. The molecule has 0 fully saturated rings. The maximum atomic E-state index is 11.3. The minimum Gasteiger partial charge on any atom is -0.478 e. The van der Waals surface area contributed by atoms with Crippen LogP contribution in [0.25, 0.3) is 0 Å². The minimum atomic E-state index is -0.985. The molecule has 5 heteroatoms. The van der Waals surface area contributed by atoms with Crippen LogP contribution in [0, 0.1) is 0 Å². The molecule has 0 radical (unpaired) electrons. The Labute approximate surface area is 93.3 Å². The zero-order valence-corrected chi connectivity index (χ0v) is 8.77. The van der Waals surface area contributed by atoms with Crippen LogP contribution >= 0.6 is 0 Å². The average molecular weight is 222 g/mol. The van der Waals surface area contributed by atoms with Gasteiger partial charge in [0.1, 0.15) is 0 Å². The van der Waals surface area contributed by atoms with Crippen molar-refractivity contribution >= 4 is 17.6 Å². The van der Waals surface area contributed by atoms with Gasteiger partial charge in [-0.1, -0.05) is 0 Å². The van der Waals surface area contributed by atoms with Gasteiger partial charge in [-0.25, -0.2) is 4.79 Å². The van der Waals surface area contributed by atoms with E-state index in [4.69, 9.17) is 10.8 Å². The molecule has 1 aromatic carbocycles. The van der Waals surface area contributed by atoms with Gasteiger partial charge in [0.25, 0.3) is 0 Å². The molecule has 1 amide bonds. The van der Waals surface area contributed by atoms with Crippen LogP contribution in [0.3, 0.4) is 0 Å². The lowest BCUT2D eigenvalue weighted by Crippen LogP contribution is -2.13. The Bertz CT molecular complexity index is 373. The monoisotopic (exact) mass is 222 g/mol. The third-order valence-corrected chi connectivity index (χ3v) is 2.02. The summed E-state index contributed by atoms with van der Waals surface area (Å²) >= 11 is 0. The van der Waals surface area contributed by atoms with Gasteiger partial charge in [-0.05, 0) is 37.2 Å². The fourth-order valence-electron chi connectivity index (χ4n) is 1.18. The number of carboxylic acid groups (broad SMARTS) is 1. The van der Waals surface area contributed by atoms with Gasteiger partial charge in [-0.2, -0.15) is 0 Å². The summed E-state index contributed by atoms with van der Waals surface area (Å²) in [5, 5.41) is 11.3. The number of carboxylic acids is 1. The number of aromatic carboxylic acids is 1. The molecular formula is C11H14N2O3. The fraction of sp³-hybridized carbons (Fsp3) is 0.273. The first-order valence-electron chi connectivity index (χ1n) is 4.97. The molecule has 1 rings (SSSR count). The second kappa shape index (κ2) is 5.87. The Morgan fingerprint density at radius 1 is 1.25 bits per heavy atom. The number of anilines is 1. The van der Waals surface area contributed by atoms with Gasteiger partial charge in [-0.3, -0.25) is 4.79 Å². The van der Waals surface area contributed by atoms with Gasteiger partial charge >= 0.3 is 5.97 Å². The summed E-state index contributed by atoms with van der Waals surface area (Å²) in [6.07, 6.45) is 1.01. The van der Waals surface area contributed by atoms with Crippen molar-refractivity contribution < 1.29 is 14.7 Å². The average Bonchev–Trinajstić information content (AvgIpc) is 2.27. The lowest BCUT2D eigenvalue weighted by atomic mass is 10.2. The molecule has 0 saturated carbocycles. The van der Waals surface area contributed by atoms with E-state index < -0.39 is 5.97 Å². The SMILES string of the molecule is NCCCC(=O)Nc1ccc(C(=O)O)cc1. The highest BCUT2D eigenvalue weighted by atomic mass is 16.4. The van der Waals surface area contributed by atoms with Gasteiger partial charge in [0.2, 0.25) is 5.91 Å². The zero-order valence-electron chi connectivity index (χ0n) is 8.77. The fourth-order valence-corrected chi connectivity index (χ4v) is 1.18. The predicted molar refractivity (Wildman–Crippen MR) is 60.3 cm³/mol. The van der Waals surface area contributed by atoms with Gasteiger partial charge in [0.15, 0.2) is 0 Å². The number of benzene rings is 1. The van der Waals surface area contributed by atoms with Crippen LogP contribution in [0.4, 0.5) is 5.69 Å². The van der Waals surface area contributed by atoms with Crippen LogP contribution in [0.15, 0.2) is 24.3 Å². The molecule has 0 aliphatic carbocycles. The summed E-state index contributed by atoms with van der Waals surface area (Å²) in [6, 6.07) is 6.01. The molecule has 4 N–H and O–H groups in total. The smallest absolute Gasteiger partial charge is 0.335 e. The van der Waals surface area contributed by atoms with Crippen molar-refractivity contribution in [2.75, 3.05) is 11.9 Å². The Morgan fingerprint density at radius 2 is 1.88 bits per heavy atom. The first kappa shape index (κ1) is 12.2. The molecule has 0 aromatic heterocycles. The molecule has 0 aliphatic heterocycles. The number of hydrogen-bond donors (Lipinski definition) is 3. The van der Waals surface area contributed by atoms with Crippen LogP contribution in [0.1, 0.15) is 23.2 Å². The van der Waals surface area contributed by atoms with Crippen molar-refractivity contribution in [3.63, 3.8) is 0 Å². The van der Waals surface area contributed by atoms with E-state index in [-0.39, 0.29) is 11.5 Å². The van der Waals surface area contributed by atoms with E-state index in [0.717, 1.165) is 0 Å². The quantitative estimate of drug-likeness (QED) is 0.694. The van der Waals surface area contributed by atoms with E-state index in [0.29, 0.717) is 25.1 Å². The molecular weight excluding hydrogens is 208 g/mol. The lowest BCUT2D eigenvalue weighted by Gasteiger charge is -2.04. The van der Waals surface area contributed by atoms with Gasteiger partial charge < -0.3 is 16.2 Å². The predicted octanol–water partition coefficient (Wildman–Crippen LogP) is 1.06. The van der Waals surface area contributed by atoms with Gasteiger partial charge in [0.05, 0.1) is 5.56 Å². The van der Waals surface area contributed by atoms with Crippen molar-refractivity contribution in [3.05, 3.63) is 29.8 Å². The molecule has 0 saturated heterocycles.